The van der Waals surface area contributed by atoms with Gasteiger partial charge in [-0.05, 0) is 18.4 Å². The van der Waals surface area contributed by atoms with Gasteiger partial charge < -0.3 is 5.73 Å². The second-order valence-electron chi connectivity index (χ2n) is 5.90. The van der Waals surface area contributed by atoms with E-state index in [1.165, 1.54) is 4.90 Å². The van der Waals surface area contributed by atoms with Crippen LogP contribution in [0.1, 0.15) is 24.8 Å². The molecule has 1 aromatic carbocycles. The van der Waals surface area contributed by atoms with Crippen molar-refractivity contribution in [3.05, 3.63) is 35.9 Å². The van der Waals surface area contributed by atoms with E-state index < -0.39 is 0 Å². The van der Waals surface area contributed by atoms with Crippen LogP contribution in [0.2, 0.25) is 0 Å². The molecule has 2 aliphatic rings. The number of amides is 2. The van der Waals surface area contributed by atoms with E-state index in [1.807, 2.05) is 30.3 Å². The molecule has 0 radical (unpaired) electrons. The fourth-order valence-electron chi connectivity index (χ4n) is 3.11. The van der Waals surface area contributed by atoms with Gasteiger partial charge in [0, 0.05) is 19.1 Å². The first-order valence-corrected chi connectivity index (χ1v) is 7.53. The molecule has 2 saturated heterocycles. The number of piperidine rings is 1. The van der Waals surface area contributed by atoms with Crippen molar-refractivity contribution in [3.8, 4) is 0 Å². The molecule has 1 atom stereocenters. The molecule has 112 valence electrons. The normalized spacial score (nSPS) is 24.8. The third kappa shape index (κ3) is 2.99. The zero-order valence-electron chi connectivity index (χ0n) is 12.1. The summed E-state index contributed by atoms with van der Waals surface area (Å²) in [5, 5.41) is 0. The van der Waals surface area contributed by atoms with E-state index in [9.17, 15) is 9.59 Å². The van der Waals surface area contributed by atoms with Gasteiger partial charge in [-0.25, -0.2) is 0 Å². The number of benzene rings is 1. The summed E-state index contributed by atoms with van der Waals surface area (Å²) in [6, 6.07) is 9.59. The SMILES string of the molecule is NC1CCN([C@@H]2CC(=O)N(Cc3ccccc3)C2=O)CC1. The zero-order valence-corrected chi connectivity index (χ0v) is 12.1. The van der Waals surface area contributed by atoms with Gasteiger partial charge >= 0.3 is 0 Å². The lowest BCUT2D eigenvalue weighted by Gasteiger charge is -2.33. The molecule has 5 nitrogen and oxygen atoms in total. The molecule has 0 saturated carbocycles. The second kappa shape index (κ2) is 5.95. The Morgan fingerprint density at radius 2 is 1.76 bits per heavy atom. The summed E-state index contributed by atoms with van der Waals surface area (Å²) in [5.74, 6) is -0.122. The minimum atomic E-state index is -0.284. The first-order chi connectivity index (χ1) is 10.1. The largest absolute Gasteiger partial charge is 0.328 e. The molecule has 0 bridgehead atoms. The lowest BCUT2D eigenvalue weighted by atomic mass is 10.0. The van der Waals surface area contributed by atoms with Crippen molar-refractivity contribution < 1.29 is 9.59 Å². The highest BCUT2D eigenvalue weighted by molar-refractivity contribution is 6.05. The van der Waals surface area contributed by atoms with Crippen LogP contribution < -0.4 is 5.73 Å². The summed E-state index contributed by atoms with van der Waals surface area (Å²) in [4.78, 5) is 28.2. The summed E-state index contributed by atoms with van der Waals surface area (Å²) in [6.45, 7) is 2.00. The predicted molar refractivity (Wildman–Crippen MR) is 79.2 cm³/mol. The van der Waals surface area contributed by atoms with Gasteiger partial charge in [0.15, 0.2) is 0 Å². The molecule has 0 unspecified atom stereocenters. The summed E-state index contributed by atoms with van der Waals surface area (Å²) < 4.78 is 0. The Labute approximate surface area is 124 Å². The van der Waals surface area contributed by atoms with Crippen LogP contribution in [0, 0.1) is 0 Å². The lowest BCUT2D eigenvalue weighted by molar-refractivity contribution is -0.140. The van der Waals surface area contributed by atoms with Crippen molar-refractivity contribution in [2.24, 2.45) is 5.73 Å². The number of nitrogens with zero attached hydrogens (tertiary/aromatic N) is 2. The molecule has 1 aromatic rings. The van der Waals surface area contributed by atoms with Crippen molar-refractivity contribution in [2.75, 3.05) is 13.1 Å². The highest BCUT2D eigenvalue weighted by Crippen LogP contribution is 2.23. The standard InChI is InChI=1S/C16H21N3O2/c17-13-6-8-18(9-7-13)14-10-15(20)19(16(14)21)11-12-4-2-1-3-5-12/h1-5,13-14H,6-11,17H2/t14-/m1/s1. The molecule has 5 heteroatoms. The van der Waals surface area contributed by atoms with E-state index in [2.05, 4.69) is 4.90 Å². The van der Waals surface area contributed by atoms with Gasteiger partial charge in [0.2, 0.25) is 11.8 Å². The van der Waals surface area contributed by atoms with Crippen LogP contribution in [-0.2, 0) is 16.1 Å². The van der Waals surface area contributed by atoms with Crippen LogP contribution in [0.25, 0.3) is 0 Å². The van der Waals surface area contributed by atoms with Crippen molar-refractivity contribution in [1.29, 1.82) is 0 Å². The maximum atomic E-state index is 12.5. The number of hydrogen-bond acceptors (Lipinski definition) is 4. The Morgan fingerprint density at radius 1 is 1.10 bits per heavy atom. The third-order valence-electron chi connectivity index (χ3n) is 4.42. The van der Waals surface area contributed by atoms with Crippen LogP contribution in [0.15, 0.2) is 30.3 Å². The van der Waals surface area contributed by atoms with Crippen molar-refractivity contribution >= 4 is 11.8 Å². The van der Waals surface area contributed by atoms with Crippen molar-refractivity contribution in [2.45, 2.75) is 37.9 Å². The zero-order chi connectivity index (χ0) is 14.8. The van der Waals surface area contributed by atoms with Gasteiger partial charge in [-0.2, -0.15) is 0 Å². The molecule has 3 rings (SSSR count). The average molecular weight is 287 g/mol. The third-order valence-corrected chi connectivity index (χ3v) is 4.42. The quantitative estimate of drug-likeness (QED) is 0.833. The van der Waals surface area contributed by atoms with Crippen LogP contribution in [-0.4, -0.2) is 46.8 Å². The fourth-order valence-corrected chi connectivity index (χ4v) is 3.11. The highest BCUT2D eigenvalue weighted by atomic mass is 16.2. The van der Waals surface area contributed by atoms with E-state index >= 15 is 0 Å². The number of nitrogens with two attached hydrogens (primary N) is 1. The first kappa shape index (κ1) is 14.2. The number of carbonyl (C=O) groups is 2. The number of imide groups is 1. The van der Waals surface area contributed by atoms with E-state index in [0.717, 1.165) is 31.5 Å². The van der Waals surface area contributed by atoms with E-state index in [-0.39, 0.29) is 23.9 Å². The molecule has 2 amide bonds. The van der Waals surface area contributed by atoms with Crippen LogP contribution >= 0.6 is 0 Å². The molecule has 0 aliphatic carbocycles. The number of carbonyl (C=O) groups excluding carboxylic acids is 2. The van der Waals surface area contributed by atoms with Gasteiger partial charge in [-0.3, -0.25) is 19.4 Å². The smallest absolute Gasteiger partial charge is 0.247 e. The monoisotopic (exact) mass is 287 g/mol. The van der Waals surface area contributed by atoms with Gasteiger partial charge in [0.05, 0.1) is 19.0 Å². The molecule has 21 heavy (non-hydrogen) atoms. The van der Waals surface area contributed by atoms with Gasteiger partial charge in [0.1, 0.15) is 0 Å². The Bertz CT molecular complexity index is 524. The number of rotatable bonds is 3. The van der Waals surface area contributed by atoms with E-state index in [4.69, 9.17) is 5.73 Å². The topological polar surface area (TPSA) is 66.6 Å². The van der Waals surface area contributed by atoms with Crippen LogP contribution in [0.4, 0.5) is 0 Å². The average Bonchev–Trinajstić information content (AvgIpc) is 2.77. The predicted octanol–water partition coefficient (Wildman–Crippen LogP) is 0.737. The summed E-state index contributed by atoms with van der Waals surface area (Å²) in [7, 11) is 0. The summed E-state index contributed by atoms with van der Waals surface area (Å²) in [6.07, 6.45) is 2.11. The molecular weight excluding hydrogens is 266 g/mol. The first-order valence-electron chi connectivity index (χ1n) is 7.53. The van der Waals surface area contributed by atoms with E-state index in [0.29, 0.717) is 13.0 Å². The molecular formula is C16H21N3O2. The lowest BCUT2D eigenvalue weighted by Crippen LogP contribution is -2.48. The molecule has 0 spiro atoms. The maximum absolute atomic E-state index is 12.5. The second-order valence-corrected chi connectivity index (χ2v) is 5.90. The van der Waals surface area contributed by atoms with Crippen molar-refractivity contribution in [1.82, 2.24) is 9.80 Å². The molecule has 2 heterocycles. The van der Waals surface area contributed by atoms with E-state index in [1.54, 1.807) is 0 Å². The van der Waals surface area contributed by atoms with Gasteiger partial charge in [0.25, 0.3) is 0 Å². The summed E-state index contributed by atoms with van der Waals surface area (Å²) in [5.41, 5.74) is 6.88. The fraction of sp³-hybridized carbons (Fsp3) is 0.500. The van der Waals surface area contributed by atoms with Crippen LogP contribution in [0.5, 0.6) is 0 Å². The maximum Gasteiger partial charge on any atom is 0.247 e. The Kier molecular flexibility index (Phi) is 4.03. The van der Waals surface area contributed by atoms with Crippen molar-refractivity contribution in [3.63, 3.8) is 0 Å². The molecule has 0 aromatic heterocycles. The number of likely N-dealkylation sites (tertiary alicyclic amines) is 2. The molecule has 2 fully saturated rings. The Balaban J connectivity index is 1.67. The molecule has 2 N–H and O–H groups in total. The Hall–Kier alpha value is -1.72. The molecule has 2 aliphatic heterocycles. The van der Waals surface area contributed by atoms with Gasteiger partial charge in [-0.15, -0.1) is 0 Å². The van der Waals surface area contributed by atoms with Gasteiger partial charge in [-0.1, -0.05) is 30.3 Å². The number of hydrogen-bond donors (Lipinski definition) is 1. The Morgan fingerprint density at radius 3 is 2.43 bits per heavy atom. The van der Waals surface area contributed by atoms with Crippen LogP contribution in [0.3, 0.4) is 0 Å². The minimum Gasteiger partial charge on any atom is -0.328 e. The highest BCUT2D eigenvalue weighted by Gasteiger charge is 2.42. The minimum absolute atomic E-state index is 0.0562. The summed E-state index contributed by atoms with van der Waals surface area (Å²) >= 11 is 0.